The van der Waals surface area contributed by atoms with Crippen LogP contribution in [0.3, 0.4) is 0 Å². The van der Waals surface area contributed by atoms with E-state index < -0.39 is 11.9 Å². The van der Waals surface area contributed by atoms with Gasteiger partial charge in [0.1, 0.15) is 5.58 Å². The van der Waals surface area contributed by atoms with Gasteiger partial charge in [0.2, 0.25) is 11.5 Å². The van der Waals surface area contributed by atoms with Crippen LogP contribution < -0.4 is 19.6 Å². The lowest BCUT2D eigenvalue weighted by molar-refractivity contribution is 0.0691. The average Bonchev–Trinajstić information content (AvgIpc) is 3.06. The fourth-order valence-corrected chi connectivity index (χ4v) is 4.42. The normalized spacial score (nSPS) is 15.2. The minimum Gasteiger partial charge on any atom is -0.493 e. The van der Waals surface area contributed by atoms with Crippen molar-refractivity contribution in [2.75, 3.05) is 34.5 Å². The number of amides is 1. The molecule has 168 valence electrons. The van der Waals surface area contributed by atoms with E-state index in [0.717, 1.165) is 11.1 Å². The lowest BCUT2D eigenvalue weighted by Gasteiger charge is -2.25. The van der Waals surface area contributed by atoms with Crippen LogP contribution in [0.2, 0.25) is 0 Å². The Kier molecular flexibility index (Phi) is 5.56. The monoisotopic (exact) mass is 439 g/mol. The smallest absolute Gasteiger partial charge is 0.290 e. The number of carbonyl (C=O) groups excluding carboxylic acids is 1. The summed E-state index contributed by atoms with van der Waals surface area (Å²) in [4.78, 5) is 28.3. The molecular weight excluding hydrogens is 414 g/mol. The molecule has 0 aliphatic carbocycles. The van der Waals surface area contributed by atoms with Crippen molar-refractivity contribution in [3.05, 3.63) is 62.5 Å². The minimum absolute atomic E-state index is 0.0124. The van der Waals surface area contributed by atoms with Crippen molar-refractivity contribution in [1.29, 1.82) is 0 Å². The van der Waals surface area contributed by atoms with Crippen LogP contribution in [-0.2, 0) is 0 Å². The van der Waals surface area contributed by atoms with Crippen molar-refractivity contribution in [1.82, 2.24) is 4.90 Å². The third kappa shape index (κ3) is 3.18. The van der Waals surface area contributed by atoms with Crippen molar-refractivity contribution < 1.29 is 28.5 Å². The summed E-state index contributed by atoms with van der Waals surface area (Å²) in [5.41, 5.74) is 2.62. The van der Waals surface area contributed by atoms with Crippen LogP contribution in [0, 0.1) is 13.8 Å². The average molecular weight is 439 g/mol. The third-order valence-electron chi connectivity index (χ3n) is 5.74. The number of aliphatic hydroxyl groups is 1. The molecule has 8 heteroatoms. The Hall–Kier alpha value is -3.52. The van der Waals surface area contributed by atoms with E-state index in [1.54, 1.807) is 18.2 Å². The molecule has 4 rings (SSSR count). The molecule has 0 saturated carbocycles. The quantitative estimate of drug-likeness (QED) is 0.630. The van der Waals surface area contributed by atoms with Crippen molar-refractivity contribution >= 4 is 16.9 Å². The molecule has 2 aromatic carbocycles. The van der Waals surface area contributed by atoms with Gasteiger partial charge >= 0.3 is 0 Å². The Bertz CT molecular complexity index is 1250. The van der Waals surface area contributed by atoms with Gasteiger partial charge in [0, 0.05) is 6.54 Å². The zero-order valence-corrected chi connectivity index (χ0v) is 18.6. The molecule has 1 aliphatic heterocycles. The number of hydrogen-bond donors (Lipinski definition) is 1. The first kappa shape index (κ1) is 21.7. The summed E-state index contributed by atoms with van der Waals surface area (Å²) in [6, 6.07) is 6.28. The van der Waals surface area contributed by atoms with E-state index in [4.69, 9.17) is 18.6 Å². The molecule has 0 fully saturated rings. The van der Waals surface area contributed by atoms with Crippen molar-refractivity contribution in [3.8, 4) is 17.2 Å². The first-order chi connectivity index (χ1) is 15.4. The molecule has 1 amide bonds. The molecule has 32 heavy (non-hydrogen) atoms. The Morgan fingerprint density at radius 3 is 2.22 bits per heavy atom. The Balaban J connectivity index is 2.05. The number of benzene rings is 2. The highest BCUT2D eigenvalue weighted by Gasteiger charge is 2.43. The van der Waals surface area contributed by atoms with Gasteiger partial charge in [-0.1, -0.05) is 6.07 Å². The van der Waals surface area contributed by atoms with Crippen LogP contribution in [0.5, 0.6) is 17.2 Å². The van der Waals surface area contributed by atoms with Gasteiger partial charge in [0.15, 0.2) is 16.9 Å². The molecular formula is C24H25NO7. The van der Waals surface area contributed by atoms with Crippen LogP contribution in [0.1, 0.15) is 38.9 Å². The second-order valence-electron chi connectivity index (χ2n) is 7.72. The SMILES string of the molecule is COc1cc(C2c3c(oc4c(C)cc(C)cc4c3=O)C(=O)N2CCO)cc(OC)c1OC. The second-order valence-corrected chi connectivity index (χ2v) is 7.72. The number of fused-ring (bicyclic) bond motifs is 2. The molecule has 1 N–H and O–H groups in total. The number of hydrogen-bond acceptors (Lipinski definition) is 7. The Morgan fingerprint density at radius 2 is 1.66 bits per heavy atom. The topological polar surface area (TPSA) is 98.4 Å². The lowest BCUT2D eigenvalue weighted by atomic mass is 9.96. The zero-order chi connectivity index (χ0) is 23.2. The number of nitrogens with zero attached hydrogens (tertiary/aromatic N) is 1. The van der Waals surface area contributed by atoms with E-state index >= 15 is 0 Å². The van der Waals surface area contributed by atoms with E-state index in [-0.39, 0.29) is 29.9 Å². The highest BCUT2D eigenvalue weighted by Crippen LogP contribution is 2.45. The van der Waals surface area contributed by atoms with E-state index in [9.17, 15) is 14.7 Å². The van der Waals surface area contributed by atoms with Crippen LogP contribution in [-0.4, -0.2) is 50.4 Å². The summed E-state index contributed by atoms with van der Waals surface area (Å²) in [5.74, 6) is 0.717. The van der Waals surface area contributed by atoms with Gasteiger partial charge in [0.05, 0.1) is 44.9 Å². The molecule has 0 bridgehead atoms. The van der Waals surface area contributed by atoms with Gasteiger partial charge in [-0.3, -0.25) is 9.59 Å². The van der Waals surface area contributed by atoms with Crippen molar-refractivity contribution in [3.63, 3.8) is 0 Å². The summed E-state index contributed by atoms with van der Waals surface area (Å²) >= 11 is 0. The van der Waals surface area contributed by atoms with Crippen molar-refractivity contribution in [2.45, 2.75) is 19.9 Å². The standard InChI is InChI=1S/C24H25NO7/c1-12-8-13(2)21-15(9-12)20(27)18-19(25(6-7-26)24(28)23(18)32-21)14-10-16(29-3)22(31-5)17(11-14)30-4/h8-11,19,26H,6-7H2,1-5H3. The number of aliphatic hydroxyl groups excluding tert-OH is 1. The fourth-order valence-electron chi connectivity index (χ4n) is 4.42. The van der Waals surface area contributed by atoms with Gasteiger partial charge in [-0.05, 0) is 48.7 Å². The van der Waals surface area contributed by atoms with E-state index in [1.807, 2.05) is 19.9 Å². The van der Waals surface area contributed by atoms with E-state index in [0.29, 0.717) is 33.8 Å². The Morgan fingerprint density at radius 1 is 1.00 bits per heavy atom. The molecule has 0 radical (unpaired) electrons. The summed E-state index contributed by atoms with van der Waals surface area (Å²) in [7, 11) is 4.49. The molecule has 1 aromatic heterocycles. The highest BCUT2D eigenvalue weighted by atomic mass is 16.5. The fraction of sp³-hybridized carbons (Fsp3) is 0.333. The third-order valence-corrected chi connectivity index (χ3v) is 5.74. The number of methoxy groups -OCH3 is 3. The van der Waals surface area contributed by atoms with E-state index in [2.05, 4.69) is 0 Å². The van der Waals surface area contributed by atoms with E-state index in [1.165, 1.54) is 26.2 Å². The number of ether oxygens (including phenoxy) is 3. The van der Waals surface area contributed by atoms with Crippen LogP contribution >= 0.6 is 0 Å². The maximum absolute atomic E-state index is 13.6. The molecule has 1 unspecified atom stereocenters. The molecule has 3 aromatic rings. The first-order valence-electron chi connectivity index (χ1n) is 10.2. The predicted molar refractivity (Wildman–Crippen MR) is 118 cm³/mol. The number of carbonyl (C=O) groups is 1. The maximum Gasteiger partial charge on any atom is 0.290 e. The summed E-state index contributed by atoms with van der Waals surface area (Å²) in [5, 5.41) is 10.1. The lowest BCUT2D eigenvalue weighted by Crippen LogP contribution is -2.32. The predicted octanol–water partition coefficient (Wildman–Crippen LogP) is 2.97. The molecule has 1 atom stereocenters. The molecule has 8 nitrogen and oxygen atoms in total. The maximum atomic E-state index is 13.6. The molecule has 0 spiro atoms. The summed E-state index contributed by atoms with van der Waals surface area (Å²) in [6.45, 7) is 3.50. The van der Waals surface area contributed by atoms with Gasteiger partial charge in [-0.2, -0.15) is 0 Å². The highest BCUT2D eigenvalue weighted by molar-refractivity contribution is 5.99. The number of aryl methyl sites for hydroxylation is 2. The molecule has 0 saturated heterocycles. The minimum atomic E-state index is -0.778. The van der Waals surface area contributed by atoms with Crippen LogP contribution in [0.25, 0.3) is 11.0 Å². The molecule has 2 heterocycles. The number of rotatable bonds is 6. The Labute approximate surface area is 184 Å². The van der Waals surface area contributed by atoms with Gasteiger partial charge in [-0.15, -0.1) is 0 Å². The van der Waals surface area contributed by atoms with Gasteiger partial charge in [-0.25, -0.2) is 0 Å². The van der Waals surface area contributed by atoms with Crippen LogP contribution in [0.15, 0.2) is 33.5 Å². The van der Waals surface area contributed by atoms with Gasteiger partial charge < -0.3 is 28.6 Å². The largest absolute Gasteiger partial charge is 0.493 e. The summed E-state index contributed by atoms with van der Waals surface area (Å²) in [6.07, 6.45) is 0. The molecule has 1 aliphatic rings. The van der Waals surface area contributed by atoms with Crippen LogP contribution in [0.4, 0.5) is 0 Å². The zero-order valence-electron chi connectivity index (χ0n) is 18.6. The summed E-state index contributed by atoms with van der Waals surface area (Å²) < 4.78 is 22.3. The van der Waals surface area contributed by atoms with Gasteiger partial charge in [0.25, 0.3) is 5.91 Å². The van der Waals surface area contributed by atoms with Crippen molar-refractivity contribution in [2.24, 2.45) is 0 Å². The second kappa shape index (κ2) is 8.20. The number of β-amino-alcohol motifs (C(OH)–C–C–N with tert-alkyl or cyclic N) is 1. The first-order valence-corrected chi connectivity index (χ1v) is 10.2.